The lowest BCUT2D eigenvalue weighted by Crippen LogP contribution is -2.51. The van der Waals surface area contributed by atoms with E-state index in [0.29, 0.717) is 0 Å². The van der Waals surface area contributed by atoms with Crippen LogP contribution < -0.4 is 21.9 Å². The molecule has 1 rings (SSSR count). The van der Waals surface area contributed by atoms with Crippen LogP contribution in [0.4, 0.5) is 0 Å². The van der Waals surface area contributed by atoms with E-state index in [1.54, 1.807) is 0 Å². The molecule has 0 unspecified atom stereocenters. The van der Waals surface area contributed by atoms with Crippen LogP contribution in [0.3, 0.4) is 0 Å². The summed E-state index contributed by atoms with van der Waals surface area (Å²) in [5.41, 5.74) is 11.9. The van der Waals surface area contributed by atoms with Crippen LogP contribution in [0, 0.1) is 6.42 Å². The molecule has 1 aliphatic heterocycles. The Morgan fingerprint density at radius 3 is 2.50 bits per heavy atom. The summed E-state index contributed by atoms with van der Waals surface area (Å²) in [7, 11) is 0. The number of hydrazine groups is 3. The molecule has 4 N–H and O–H groups in total. The summed E-state index contributed by atoms with van der Waals surface area (Å²) in [5, 5.41) is 0. The van der Waals surface area contributed by atoms with Gasteiger partial charge in [-0.2, -0.15) is 11.1 Å². The number of hydrogen-bond acceptors (Lipinski definition) is 4. The zero-order chi connectivity index (χ0) is 8.49. The molecule has 0 aromatic rings. The fourth-order valence-electron chi connectivity index (χ4n) is 1.21. The van der Waals surface area contributed by atoms with Gasteiger partial charge in [-0.1, -0.05) is 19.3 Å². The summed E-state index contributed by atoms with van der Waals surface area (Å²) in [5.74, 6) is 0. The first-order valence-electron chi connectivity index (χ1n) is 4.77. The fourth-order valence-corrected chi connectivity index (χ4v) is 1.21. The molecule has 1 aliphatic rings. The van der Waals surface area contributed by atoms with Crippen molar-refractivity contribution in [2.24, 2.45) is 0 Å². The monoisotopic (exact) mass is 171 g/mol. The van der Waals surface area contributed by atoms with Gasteiger partial charge in [0.1, 0.15) is 0 Å². The predicted molar refractivity (Wildman–Crippen MR) is 49.7 cm³/mol. The molecule has 1 radical (unpaired) electrons. The summed E-state index contributed by atoms with van der Waals surface area (Å²) < 4.78 is 0. The quantitative estimate of drug-likeness (QED) is 0.422. The maximum Gasteiger partial charge on any atom is 0.0116 e. The van der Waals surface area contributed by atoms with Gasteiger partial charge in [0.05, 0.1) is 0 Å². The van der Waals surface area contributed by atoms with E-state index in [2.05, 4.69) is 28.3 Å². The molecule has 0 saturated carbocycles. The van der Waals surface area contributed by atoms with E-state index in [0.717, 1.165) is 19.5 Å². The van der Waals surface area contributed by atoms with Gasteiger partial charge >= 0.3 is 0 Å². The van der Waals surface area contributed by atoms with Crippen molar-refractivity contribution in [3.8, 4) is 0 Å². The van der Waals surface area contributed by atoms with E-state index in [4.69, 9.17) is 0 Å². The van der Waals surface area contributed by atoms with Crippen molar-refractivity contribution in [3.05, 3.63) is 6.42 Å². The van der Waals surface area contributed by atoms with Crippen molar-refractivity contribution < 1.29 is 0 Å². The van der Waals surface area contributed by atoms with E-state index in [1.165, 1.54) is 25.7 Å². The molecule has 1 saturated heterocycles. The molecule has 4 heteroatoms. The summed E-state index contributed by atoms with van der Waals surface area (Å²) >= 11 is 0. The van der Waals surface area contributed by atoms with Crippen LogP contribution in [0.1, 0.15) is 32.1 Å². The van der Waals surface area contributed by atoms with E-state index in [-0.39, 0.29) is 0 Å². The lowest BCUT2D eigenvalue weighted by Gasteiger charge is -2.11. The largest absolute Gasteiger partial charge is 0.243 e. The third kappa shape index (κ3) is 5.49. The average molecular weight is 171 g/mol. The molecule has 0 aromatic carbocycles. The molecule has 1 fully saturated rings. The Hall–Kier alpha value is -0.160. The molecule has 0 amide bonds. The zero-order valence-corrected chi connectivity index (χ0v) is 7.53. The van der Waals surface area contributed by atoms with Gasteiger partial charge in [-0.15, -0.1) is 0 Å². The van der Waals surface area contributed by atoms with Crippen molar-refractivity contribution in [2.45, 2.75) is 32.1 Å². The minimum atomic E-state index is 0.981. The highest BCUT2D eigenvalue weighted by Crippen LogP contribution is 2.03. The summed E-state index contributed by atoms with van der Waals surface area (Å²) in [6.45, 7) is 2.00. The third-order valence-electron chi connectivity index (χ3n) is 1.92. The molecular formula is C8H19N4. The van der Waals surface area contributed by atoms with Gasteiger partial charge in [0.15, 0.2) is 0 Å². The Labute approximate surface area is 74.4 Å². The highest BCUT2D eigenvalue weighted by Gasteiger charge is 1.93. The van der Waals surface area contributed by atoms with Gasteiger partial charge in [0, 0.05) is 13.1 Å². The Kier molecular flexibility index (Phi) is 6.19. The predicted octanol–water partition coefficient (Wildman–Crippen LogP) is 0.258. The minimum Gasteiger partial charge on any atom is -0.243 e. The molecule has 1 heterocycles. The van der Waals surface area contributed by atoms with E-state index >= 15 is 0 Å². The smallest absolute Gasteiger partial charge is 0.0116 e. The topological polar surface area (TPSA) is 48.1 Å². The SMILES string of the molecule is [CH]1CCCCCNNNNCC1. The van der Waals surface area contributed by atoms with Crippen molar-refractivity contribution in [3.63, 3.8) is 0 Å². The van der Waals surface area contributed by atoms with Crippen LogP contribution in [0.25, 0.3) is 0 Å². The molecule has 0 aliphatic carbocycles. The maximum atomic E-state index is 3.07. The van der Waals surface area contributed by atoms with Gasteiger partial charge in [-0.25, -0.2) is 10.9 Å². The lowest BCUT2D eigenvalue weighted by atomic mass is 10.1. The second-order valence-electron chi connectivity index (χ2n) is 3.03. The van der Waals surface area contributed by atoms with Gasteiger partial charge < -0.3 is 0 Å². The van der Waals surface area contributed by atoms with E-state index in [1.807, 2.05) is 0 Å². The first kappa shape index (κ1) is 9.92. The minimum absolute atomic E-state index is 0.981. The lowest BCUT2D eigenvalue weighted by molar-refractivity contribution is 0.362. The molecule has 71 valence electrons. The van der Waals surface area contributed by atoms with Gasteiger partial charge in [-0.3, -0.25) is 0 Å². The van der Waals surface area contributed by atoms with Crippen molar-refractivity contribution in [1.82, 2.24) is 21.9 Å². The second kappa shape index (κ2) is 7.49. The molecule has 4 nitrogen and oxygen atoms in total. The van der Waals surface area contributed by atoms with Crippen LogP contribution in [0.15, 0.2) is 0 Å². The normalized spacial score (nSPS) is 24.0. The van der Waals surface area contributed by atoms with E-state index < -0.39 is 0 Å². The Bertz CT molecular complexity index is 54.0. The number of rotatable bonds is 0. The summed E-state index contributed by atoms with van der Waals surface area (Å²) in [6.07, 6.45) is 8.63. The van der Waals surface area contributed by atoms with Crippen LogP contribution in [-0.4, -0.2) is 13.1 Å². The molecule has 0 atom stereocenters. The van der Waals surface area contributed by atoms with Crippen LogP contribution >= 0.6 is 0 Å². The molecule has 0 aromatic heterocycles. The van der Waals surface area contributed by atoms with Gasteiger partial charge in [-0.05, 0) is 19.3 Å². The summed E-state index contributed by atoms with van der Waals surface area (Å²) in [4.78, 5) is 0. The Morgan fingerprint density at radius 2 is 1.58 bits per heavy atom. The standard InChI is InChI=1S/C8H19N4/c1-2-4-6-8-10-12-11-9-7-5-3-1/h3,9-12H,1-2,4-8H2. The van der Waals surface area contributed by atoms with Crippen LogP contribution in [-0.2, 0) is 0 Å². The number of nitrogens with one attached hydrogen (secondary N) is 4. The Morgan fingerprint density at radius 1 is 0.750 bits per heavy atom. The third-order valence-corrected chi connectivity index (χ3v) is 1.92. The van der Waals surface area contributed by atoms with Crippen molar-refractivity contribution >= 4 is 0 Å². The van der Waals surface area contributed by atoms with Crippen LogP contribution in [0.2, 0.25) is 0 Å². The average Bonchev–Trinajstić information content (AvgIpc) is 2.05. The first-order chi connectivity index (χ1) is 6.00. The highest BCUT2D eigenvalue weighted by atomic mass is 15.7. The van der Waals surface area contributed by atoms with E-state index in [9.17, 15) is 0 Å². The highest BCUT2D eigenvalue weighted by molar-refractivity contribution is 4.65. The molecule has 12 heavy (non-hydrogen) atoms. The summed E-state index contributed by atoms with van der Waals surface area (Å²) in [6, 6.07) is 0. The van der Waals surface area contributed by atoms with Gasteiger partial charge in [0.25, 0.3) is 0 Å². The molecular weight excluding hydrogens is 152 g/mol. The first-order valence-corrected chi connectivity index (χ1v) is 4.77. The van der Waals surface area contributed by atoms with Crippen molar-refractivity contribution in [2.75, 3.05) is 13.1 Å². The maximum absolute atomic E-state index is 3.07. The van der Waals surface area contributed by atoms with Gasteiger partial charge in [0.2, 0.25) is 0 Å². The fraction of sp³-hybridized carbons (Fsp3) is 0.875. The molecule has 0 spiro atoms. The van der Waals surface area contributed by atoms with Crippen LogP contribution in [0.5, 0.6) is 0 Å². The second-order valence-corrected chi connectivity index (χ2v) is 3.03. The van der Waals surface area contributed by atoms with Crippen molar-refractivity contribution in [1.29, 1.82) is 0 Å². The molecule has 0 bridgehead atoms. The zero-order valence-electron chi connectivity index (χ0n) is 7.53. The Balaban J connectivity index is 2.00. The number of hydrogen-bond donors (Lipinski definition) is 4.